The van der Waals surface area contributed by atoms with Crippen LogP contribution in [-0.4, -0.2) is 25.3 Å². The summed E-state index contributed by atoms with van der Waals surface area (Å²) in [5.41, 5.74) is 0.857. The summed E-state index contributed by atoms with van der Waals surface area (Å²) in [6.07, 6.45) is 1.38. The molecule has 2 heterocycles. The molecule has 0 aliphatic rings. The summed E-state index contributed by atoms with van der Waals surface area (Å²) in [5.74, 6) is 1.20. The smallest absolute Gasteiger partial charge is 0.244 e. The van der Waals surface area contributed by atoms with E-state index in [9.17, 15) is 4.39 Å². The van der Waals surface area contributed by atoms with Crippen molar-refractivity contribution in [2.45, 2.75) is 32.9 Å². The number of aromatic nitrogens is 5. The van der Waals surface area contributed by atoms with Crippen molar-refractivity contribution in [3.8, 4) is 11.6 Å². The van der Waals surface area contributed by atoms with Gasteiger partial charge in [0.1, 0.15) is 12.1 Å². The highest BCUT2D eigenvalue weighted by molar-refractivity contribution is 5.39. The zero-order chi connectivity index (χ0) is 17.1. The number of rotatable bonds is 6. The Morgan fingerprint density at radius 1 is 1.25 bits per heavy atom. The molecule has 2 atom stereocenters. The lowest BCUT2D eigenvalue weighted by Crippen LogP contribution is -2.28. The zero-order valence-corrected chi connectivity index (χ0v) is 13.7. The standard InChI is InChI=1S/C16H19FN6O/c1-9(2)13(20-10(3)11-5-4-6-12(17)7-11)16-21-15(23-24-16)14-18-8-19-22-14/h4-10,13,20H,1-3H3,(H,18,19,22). The second kappa shape index (κ2) is 6.88. The SMILES string of the molecule is CC(NC(c1nc(-c2ncn[nH]2)no1)C(C)C)c1cccc(F)c1. The topological polar surface area (TPSA) is 92.5 Å². The summed E-state index contributed by atoms with van der Waals surface area (Å²) in [7, 11) is 0. The lowest BCUT2D eigenvalue weighted by molar-refractivity contribution is 0.274. The van der Waals surface area contributed by atoms with Crippen molar-refractivity contribution in [2.24, 2.45) is 5.92 Å². The number of hydrogen-bond acceptors (Lipinski definition) is 6. The average molecular weight is 330 g/mol. The van der Waals surface area contributed by atoms with E-state index in [-0.39, 0.29) is 23.8 Å². The molecule has 24 heavy (non-hydrogen) atoms. The minimum absolute atomic E-state index is 0.0753. The van der Waals surface area contributed by atoms with Gasteiger partial charge in [0.05, 0.1) is 6.04 Å². The number of nitrogens with one attached hydrogen (secondary N) is 2. The van der Waals surface area contributed by atoms with Gasteiger partial charge >= 0.3 is 0 Å². The number of hydrogen-bond donors (Lipinski definition) is 2. The molecule has 0 aliphatic heterocycles. The van der Waals surface area contributed by atoms with E-state index in [0.29, 0.717) is 17.5 Å². The van der Waals surface area contributed by atoms with Gasteiger partial charge in [-0.05, 0) is 30.5 Å². The van der Waals surface area contributed by atoms with Crippen LogP contribution >= 0.6 is 0 Å². The first-order valence-electron chi connectivity index (χ1n) is 7.75. The fourth-order valence-electron chi connectivity index (χ4n) is 2.46. The van der Waals surface area contributed by atoms with E-state index in [1.54, 1.807) is 6.07 Å². The van der Waals surface area contributed by atoms with Crippen LogP contribution < -0.4 is 5.32 Å². The lowest BCUT2D eigenvalue weighted by Gasteiger charge is -2.23. The second-order valence-electron chi connectivity index (χ2n) is 5.96. The maximum atomic E-state index is 13.4. The highest BCUT2D eigenvalue weighted by atomic mass is 19.1. The third-order valence-corrected chi connectivity index (χ3v) is 3.78. The predicted molar refractivity (Wildman–Crippen MR) is 85.2 cm³/mol. The number of benzene rings is 1. The lowest BCUT2D eigenvalue weighted by atomic mass is 10.0. The first-order valence-corrected chi connectivity index (χ1v) is 7.75. The fourth-order valence-corrected chi connectivity index (χ4v) is 2.46. The normalized spacial score (nSPS) is 14.0. The molecule has 2 aromatic heterocycles. The summed E-state index contributed by atoms with van der Waals surface area (Å²) < 4.78 is 18.8. The molecule has 2 unspecified atom stereocenters. The molecule has 0 spiro atoms. The van der Waals surface area contributed by atoms with Gasteiger partial charge < -0.3 is 4.52 Å². The van der Waals surface area contributed by atoms with Crippen molar-refractivity contribution < 1.29 is 8.91 Å². The van der Waals surface area contributed by atoms with Crippen LogP contribution in [0.25, 0.3) is 11.6 Å². The molecule has 0 fully saturated rings. The van der Waals surface area contributed by atoms with Crippen LogP contribution in [0.1, 0.15) is 44.3 Å². The molecule has 1 aromatic carbocycles. The van der Waals surface area contributed by atoms with Gasteiger partial charge in [-0.25, -0.2) is 9.37 Å². The molecule has 3 rings (SSSR count). The molecule has 8 heteroatoms. The monoisotopic (exact) mass is 330 g/mol. The summed E-state index contributed by atoms with van der Waals surface area (Å²) in [5, 5.41) is 13.8. The Morgan fingerprint density at radius 3 is 2.75 bits per heavy atom. The molecule has 2 N–H and O–H groups in total. The van der Waals surface area contributed by atoms with E-state index in [1.807, 2.05) is 26.8 Å². The average Bonchev–Trinajstić information content (AvgIpc) is 3.23. The van der Waals surface area contributed by atoms with Gasteiger partial charge in [-0.2, -0.15) is 10.1 Å². The van der Waals surface area contributed by atoms with Gasteiger partial charge in [0, 0.05) is 6.04 Å². The van der Waals surface area contributed by atoms with E-state index in [2.05, 4.69) is 30.6 Å². The molecule has 3 aromatic rings. The second-order valence-corrected chi connectivity index (χ2v) is 5.96. The zero-order valence-electron chi connectivity index (χ0n) is 13.7. The summed E-state index contributed by atoms with van der Waals surface area (Å²) in [6.45, 7) is 6.07. The molecule has 0 saturated carbocycles. The van der Waals surface area contributed by atoms with Crippen LogP contribution in [0.15, 0.2) is 35.1 Å². The fraction of sp³-hybridized carbons (Fsp3) is 0.375. The van der Waals surface area contributed by atoms with Crippen molar-refractivity contribution in [3.05, 3.63) is 47.9 Å². The van der Waals surface area contributed by atoms with Crippen LogP contribution in [0, 0.1) is 11.7 Å². The number of halogens is 1. The van der Waals surface area contributed by atoms with Crippen LogP contribution in [0.3, 0.4) is 0 Å². The molecule has 0 amide bonds. The molecule has 0 bridgehead atoms. The van der Waals surface area contributed by atoms with E-state index < -0.39 is 0 Å². The van der Waals surface area contributed by atoms with Gasteiger partial charge in [-0.1, -0.05) is 31.1 Å². The molecule has 0 saturated heterocycles. The third kappa shape index (κ3) is 3.48. The third-order valence-electron chi connectivity index (χ3n) is 3.78. The highest BCUT2D eigenvalue weighted by Crippen LogP contribution is 2.26. The Labute approximate surface area is 138 Å². The number of nitrogens with zero attached hydrogens (tertiary/aromatic N) is 4. The van der Waals surface area contributed by atoms with E-state index in [4.69, 9.17) is 4.52 Å². The Hall–Kier alpha value is -2.61. The summed E-state index contributed by atoms with van der Waals surface area (Å²) in [6, 6.07) is 6.27. The van der Waals surface area contributed by atoms with Gasteiger partial charge in [0.15, 0.2) is 5.82 Å². The molecule has 7 nitrogen and oxygen atoms in total. The quantitative estimate of drug-likeness (QED) is 0.721. The van der Waals surface area contributed by atoms with Gasteiger partial charge in [-0.15, -0.1) is 0 Å². The first-order chi connectivity index (χ1) is 11.5. The van der Waals surface area contributed by atoms with Crippen molar-refractivity contribution in [1.29, 1.82) is 0 Å². The van der Waals surface area contributed by atoms with E-state index in [0.717, 1.165) is 5.56 Å². The van der Waals surface area contributed by atoms with Crippen LogP contribution in [0.5, 0.6) is 0 Å². The summed E-state index contributed by atoms with van der Waals surface area (Å²) in [4.78, 5) is 8.40. The van der Waals surface area contributed by atoms with Gasteiger partial charge in [0.2, 0.25) is 11.7 Å². The predicted octanol–water partition coefficient (Wildman–Crippen LogP) is 3.04. The maximum absolute atomic E-state index is 13.4. The number of H-pyrrole nitrogens is 1. The number of aromatic amines is 1. The minimum Gasteiger partial charge on any atom is -0.337 e. The van der Waals surface area contributed by atoms with Gasteiger partial charge in [0.25, 0.3) is 0 Å². The van der Waals surface area contributed by atoms with E-state index >= 15 is 0 Å². The Bertz CT molecular complexity index is 785. The Balaban J connectivity index is 1.80. The maximum Gasteiger partial charge on any atom is 0.244 e. The Morgan fingerprint density at radius 2 is 2.08 bits per heavy atom. The Kier molecular flexibility index (Phi) is 4.66. The summed E-state index contributed by atoms with van der Waals surface area (Å²) >= 11 is 0. The first kappa shape index (κ1) is 16.3. The largest absolute Gasteiger partial charge is 0.337 e. The molecule has 0 aliphatic carbocycles. The van der Waals surface area contributed by atoms with Crippen molar-refractivity contribution in [2.75, 3.05) is 0 Å². The van der Waals surface area contributed by atoms with Crippen LogP contribution in [-0.2, 0) is 0 Å². The molecular weight excluding hydrogens is 311 g/mol. The van der Waals surface area contributed by atoms with Crippen LogP contribution in [0.2, 0.25) is 0 Å². The molecule has 126 valence electrons. The van der Waals surface area contributed by atoms with Crippen molar-refractivity contribution in [3.63, 3.8) is 0 Å². The van der Waals surface area contributed by atoms with Crippen molar-refractivity contribution >= 4 is 0 Å². The minimum atomic E-state index is -0.257. The molecular formula is C16H19FN6O. The molecule has 0 radical (unpaired) electrons. The highest BCUT2D eigenvalue weighted by Gasteiger charge is 2.25. The van der Waals surface area contributed by atoms with Crippen LogP contribution in [0.4, 0.5) is 4.39 Å². The van der Waals surface area contributed by atoms with Gasteiger partial charge in [-0.3, -0.25) is 10.4 Å². The van der Waals surface area contributed by atoms with E-state index in [1.165, 1.54) is 18.5 Å². The van der Waals surface area contributed by atoms with Crippen molar-refractivity contribution in [1.82, 2.24) is 30.6 Å².